The zero-order valence-electron chi connectivity index (χ0n) is 14.7. The van der Waals surface area contributed by atoms with Crippen LogP contribution in [0.4, 0.5) is 0 Å². The SMILES string of the molecule is NC(=O)CCn1c(SCC(=O)c2cc3ccccc3o2)nnc1-c1ccco1. The zero-order chi connectivity index (χ0) is 19.5. The molecule has 0 aliphatic carbocycles. The molecule has 0 atom stereocenters. The highest BCUT2D eigenvalue weighted by Gasteiger charge is 2.19. The summed E-state index contributed by atoms with van der Waals surface area (Å²) in [4.78, 5) is 23.7. The Balaban J connectivity index is 1.53. The molecule has 28 heavy (non-hydrogen) atoms. The van der Waals surface area contributed by atoms with Crippen molar-refractivity contribution in [1.82, 2.24) is 14.8 Å². The summed E-state index contributed by atoms with van der Waals surface area (Å²) in [5.74, 6) is 0.811. The van der Waals surface area contributed by atoms with Gasteiger partial charge in [0.2, 0.25) is 11.7 Å². The second-order valence-corrected chi connectivity index (χ2v) is 6.95. The predicted octanol–water partition coefficient (Wildman–Crippen LogP) is 3.13. The number of para-hydroxylation sites is 1. The summed E-state index contributed by atoms with van der Waals surface area (Å²) >= 11 is 1.22. The summed E-state index contributed by atoms with van der Waals surface area (Å²) in [6.07, 6.45) is 1.65. The van der Waals surface area contributed by atoms with Gasteiger partial charge in [0.05, 0.1) is 12.0 Å². The molecule has 9 heteroatoms. The first-order chi connectivity index (χ1) is 13.6. The smallest absolute Gasteiger partial charge is 0.219 e. The number of nitrogens with two attached hydrogens (primary N) is 1. The summed E-state index contributed by atoms with van der Waals surface area (Å²) in [6, 6.07) is 12.7. The number of fused-ring (bicyclic) bond motifs is 1. The van der Waals surface area contributed by atoms with Gasteiger partial charge in [0, 0.05) is 18.4 Å². The number of Topliss-reactive ketones (excluding diaryl/α,β-unsaturated/α-hetero) is 1. The molecule has 0 aliphatic rings. The molecular formula is C19H16N4O4S. The summed E-state index contributed by atoms with van der Waals surface area (Å²) < 4.78 is 12.7. The van der Waals surface area contributed by atoms with Gasteiger partial charge in [-0.3, -0.25) is 14.2 Å². The lowest BCUT2D eigenvalue weighted by molar-refractivity contribution is -0.118. The summed E-state index contributed by atoms with van der Waals surface area (Å²) in [7, 11) is 0. The number of carbonyl (C=O) groups is 2. The number of thioether (sulfide) groups is 1. The minimum Gasteiger partial charge on any atom is -0.461 e. The highest BCUT2D eigenvalue weighted by Crippen LogP contribution is 2.26. The Bertz CT molecular complexity index is 1100. The Labute approximate surface area is 163 Å². The molecule has 4 aromatic rings. The Kier molecular flexibility index (Phi) is 4.98. The molecule has 1 amide bonds. The van der Waals surface area contributed by atoms with Crippen LogP contribution in [-0.2, 0) is 11.3 Å². The maximum absolute atomic E-state index is 12.5. The molecular weight excluding hydrogens is 380 g/mol. The van der Waals surface area contributed by atoms with Crippen molar-refractivity contribution in [1.29, 1.82) is 0 Å². The third kappa shape index (κ3) is 3.70. The molecule has 0 saturated carbocycles. The van der Waals surface area contributed by atoms with Gasteiger partial charge in [-0.15, -0.1) is 10.2 Å². The highest BCUT2D eigenvalue weighted by atomic mass is 32.2. The molecule has 2 N–H and O–H groups in total. The van der Waals surface area contributed by atoms with Crippen molar-refractivity contribution < 1.29 is 18.4 Å². The second-order valence-electron chi connectivity index (χ2n) is 6.01. The van der Waals surface area contributed by atoms with Crippen molar-refractivity contribution in [2.24, 2.45) is 5.73 Å². The lowest BCUT2D eigenvalue weighted by atomic mass is 10.2. The standard InChI is InChI=1S/C19H16N4O4S/c20-17(25)7-8-23-18(15-6-3-9-26-15)21-22-19(23)28-11-13(24)16-10-12-4-1-2-5-14(12)27-16/h1-6,9-10H,7-8,11H2,(H2,20,25). The second kappa shape index (κ2) is 7.73. The summed E-state index contributed by atoms with van der Waals surface area (Å²) in [5, 5.41) is 9.65. The highest BCUT2D eigenvalue weighted by molar-refractivity contribution is 7.99. The Hall–Kier alpha value is -3.33. The van der Waals surface area contributed by atoms with Gasteiger partial charge in [-0.05, 0) is 24.3 Å². The molecule has 0 spiro atoms. The van der Waals surface area contributed by atoms with E-state index in [1.54, 1.807) is 22.8 Å². The van der Waals surface area contributed by atoms with Gasteiger partial charge in [-0.2, -0.15) is 0 Å². The monoisotopic (exact) mass is 396 g/mol. The topological polar surface area (TPSA) is 117 Å². The van der Waals surface area contributed by atoms with E-state index in [1.165, 1.54) is 18.0 Å². The maximum Gasteiger partial charge on any atom is 0.219 e. The number of benzene rings is 1. The number of rotatable bonds is 8. The number of furan rings is 2. The van der Waals surface area contributed by atoms with Crippen LogP contribution >= 0.6 is 11.8 Å². The van der Waals surface area contributed by atoms with Crippen LogP contribution in [-0.4, -0.2) is 32.2 Å². The van der Waals surface area contributed by atoms with Crippen LogP contribution in [0.5, 0.6) is 0 Å². The number of hydrogen-bond donors (Lipinski definition) is 1. The molecule has 4 rings (SSSR count). The molecule has 3 aromatic heterocycles. The Morgan fingerprint density at radius 1 is 1.14 bits per heavy atom. The zero-order valence-corrected chi connectivity index (χ0v) is 15.5. The Morgan fingerprint density at radius 3 is 2.75 bits per heavy atom. The summed E-state index contributed by atoms with van der Waals surface area (Å²) in [6.45, 7) is 0.291. The van der Waals surface area contributed by atoms with E-state index in [0.29, 0.717) is 34.6 Å². The molecule has 3 heterocycles. The number of primary amides is 1. The first kappa shape index (κ1) is 18.1. The average Bonchev–Trinajstić information content (AvgIpc) is 3.43. The molecule has 0 radical (unpaired) electrons. The van der Waals surface area contributed by atoms with Crippen molar-refractivity contribution in [3.8, 4) is 11.6 Å². The molecule has 8 nitrogen and oxygen atoms in total. The maximum atomic E-state index is 12.5. The van der Waals surface area contributed by atoms with E-state index in [2.05, 4.69) is 10.2 Å². The fourth-order valence-corrected chi connectivity index (χ4v) is 3.56. The van der Waals surface area contributed by atoms with Crippen LogP contribution in [0.2, 0.25) is 0 Å². The first-order valence-electron chi connectivity index (χ1n) is 8.52. The quantitative estimate of drug-likeness (QED) is 0.359. The average molecular weight is 396 g/mol. The van der Waals surface area contributed by atoms with Crippen molar-refractivity contribution in [2.45, 2.75) is 18.1 Å². The lowest BCUT2D eigenvalue weighted by Gasteiger charge is -2.07. The predicted molar refractivity (Wildman–Crippen MR) is 103 cm³/mol. The lowest BCUT2D eigenvalue weighted by Crippen LogP contribution is -2.15. The van der Waals surface area contributed by atoms with E-state index < -0.39 is 5.91 Å². The van der Waals surface area contributed by atoms with Gasteiger partial charge in [0.15, 0.2) is 22.5 Å². The number of carbonyl (C=O) groups excluding carboxylic acids is 2. The van der Waals surface area contributed by atoms with Crippen LogP contribution in [0.25, 0.3) is 22.6 Å². The normalized spacial score (nSPS) is 11.1. The molecule has 142 valence electrons. The number of amides is 1. The molecule has 0 unspecified atom stereocenters. The number of nitrogens with zero attached hydrogens (tertiary/aromatic N) is 3. The first-order valence-corrected chi connectivity index (χ1v) is 9.50. The van der Waals surface area contributed by atoms with Crippen molar-refractivity contribution in [2.75, 3.05) is 5.75 Å². The van der Waals surface area contributed by atoms with Gasteiger partial charge in [-0.1, -0.05) is 30.0 Å². The molecule has 0 aliphatic heterocycles. The fraction of sp³-hybridized carbons (Fsp3) is 0.158. The van der Waals surface area contributed by atoms with Crippen LogP contribution < -0.4 is 5.73 Å². The van der Waals surface area contributed by atoms with Crippen molar-refractivity contribution in [3.63, 3.8) is 0 Å². The van der Waals surface area contributed by atoms with Crippen LogP contribution in [0, 0.1) is 0 Å². The van der Waals surface area contributed by atoms with Crippen LogP contribution in [0.1, 0.15) is 17.0 Å². The van der Waals surface area contributed by atoms with Crippen LogP contribution in [0.15, 0.2) is 62.7 Å². The third-order valence-electron chi connectivity index (χ3n) is 4.07. The Morgan fingerprint density at radius 2 is 2.00 bits per heavy atom. The number of hydrogen-bond acceptors (Lipinski definition) is 7. The van der Waals surface area contributed by atoms with Gasteiger partial charge in [-0.25, -0.2) is 0 Å². The minimum atomic E-state index is -0.437. The molecule has 0 fully saturated rings. The fourth-order valence-electron chi connectivity index (χ4n) is 2.73. The number of ketones is 1. The van der Waals surface area contributed by atoms with Gasteiger partial charge < -0.3 is 14.6 Å². The third-order valence-corrected chi connectivity index (χ3v) is 5.04. The van der Waals surface area contributed by atoms with E-state index in [9.17, 15) is 9.59 Å². The molecule has 0 bridgehead atoms. The van der Waals surface area contributed by atoms with Crippen molar-refractivity contribution >= 4 is 34.4 Å². The van der Waals surface area contributed by atoms with Crippen LogP contribution in [0.3, 0.4) is 0 Å². The van der Waals surface area contributed by atoms with E-state index in [1.807, 2.05) is 24.3 Å². The van der Waals surface area contributed by atoms with Gasteiger partial charge in [0.1, 0.15) is 5.58 Å². The number of aromatic nitrogens is 3. The van der Waals surface area contributed by atoms with E-state index in [4.69, 9.17) is 14.6 Å². The van der Waals surface area contributed by atoms with Gasteiger partial charge >= 0.3 is 0 Å². The van der Waals surface area contributed by atoms with E-state index in [-0.39, 0.29) is 18.0 Å². The molecule has 0 saturated heterocycles. The van der Waals surface area contributed by atoms with E-state index in [0.717, 1.165) is 5.39 Å². The largest absolute Gasteiger partial charge is 0.461 e. The van der Waals surface area contributed by atoms with E-state index >= 15 is 0 Å². The minimum absolute atomic E-state index is 0.118. The molecule has 1 aromatic carbocycles. The summed E-state index contributed by atoms with van der Waals surface area (Å²) in [5.41, 5.74) is 5.94. The van der Waals surface area contributed by atoms with Crippen molar-refractivity contribution in [3.05, 3.63) is 54.5 Å². The van der Waals surface area contributed by atoms with Gasteiger partial charge in [0.25, 0.3) is 0 Å².